The van der Waals surface area contributed by atoms with E-state index in [1.54, 1.807) is 0 Å². The Morgan fingerprint density at radius 1 is 1.00 bits per heavy atom. The van der Waals surface area contributed by atoms with Gasteiger partial charge < -0.3 is 5.32 Å². The van der Waals surface area contributed by atoms with Crippen molar-refractivity contribution in [1.82, 2.24) is 4.90 Å². The van der Waals surface area contributed by atoms with E-state index in [1.807, 2.05) is 42.5 Å². The van der Waals surface area contributed by atoms with Crippen LogP contribution in [0.5, 0.6) is 0 Å². The lowest BCUT2D eigenvalue weighted by Gasteiger charge is -2.28. The Balaban J connectivity index is 1.37. The van der Waals surface area contributed by atoms with E-state index in [2.05, 4.69) is 29.3 Å². The summed E-state index contributed by atoms with van der Waals surface area (Å²) in [5.41, 5.74) is 2.97. The number of amides is 1. The van der Waals surface area contributed by atoms with Crippen LogP contribution in [0.2, 0.25) is 0 Å². The van der Waals surface area contributed by atoms with Crippen LogP contribution in [0.1, 0.15) is 60.9 Å². The van der Waals surface area contributed by atoms with Gasteiger partial charge in [-0.25, -0.2) is 0 Å². The lowest BCUT2D eigenvalue weighted by Crippen LogP contribution is -2.35. The fraction of sp³-hybridized carbons (Fsp3) is 0.435. The van der Waals surface area contributed by atoms with E-state index in [0.717, 1.165) is 17.8 Å². The first kappa shape index (κ1) is 17.3. The lowest BCUT2D eigenvalue weighted by atomic mass is 9.97. The van der Waals surface area contributed by atoms with Gasteiger partial charge in [-0.05, 0) is 81.3 Å². The maximum absolute atomic E-state index is 12.3. The summed E-state index contributed by atoms with van der Waals surface area (Å²) in [5.74, 6) is 0.606. The molecular formula is C23H28N2O. The Hall–Kier alpha value is -2.13. The molecule has 0 aromatic heterocycles. The Bertz CT molecular complexity index is 741. The summed E-state index contributed by atoms with van der Waals surface area (Å²) < 4.78 is 0. The zero-order chi connectivity index (χ0) is 17.9. The first-order valence-electron chi connectivity index (χ1n) is 9.93. The number of anilines is 1. The molecule has 1 heterocycles. The summed E-state index contributed by atoms with van der Waals surface area (Å²) in [7, 11) is 0. The molecule has 4 rings (SSSR count). The number of nitrogens with zero attached hydrogens (tertiary/aromatic N) is 1. The van der Waals surface area contributed by atoms with E-state index >= 15 is 0 Å². The topological polar surface area (TPSA) is 32.3 Å². The highest BCUT2D eigenvalue weighted by Gasteiger charge is 2.34. The number of likely N-dealkylation sites (tertiary alicyclic amines) is 1. The fourth-order valence-electron chi connectivity index (χ4n) is 4.69. The number of rotatable bonds is 4. The van der Waals surface area contributed by atoms with E-state index in [4.69, 9.17) is 0 Å². The first-order chi connectivity index (χ1) is 12.7. The van der Waals surface area contributed by atoms with Crippen molar-refractivity contribution in [1.29, 1.82) is 0 Å². The van der Waals surface area contributed by atoms with Gasteiger partial charge in [-0.2, -0.15) is 0 Å². The van der Waals surface area contributed by atoms with Gasteiger partial charge in [0.2, 0.25) is 0 Å². The summed E-state index contributed by atoms with van der Waals surface area (Å²) in [6.45, 7) is 3.66. The smallest absolute Gasteiger partial charge is 0.255 e. The first-order valence-corrected chi connectivity index (χ1v) is 9.93. The van der Waals surface area contributed by atoms with Crippen molar-refractivity contribution in [2.45, 2.75) is 57.0 Å². The Morgan fingerprint density at radius 3 is 2.46 bits per heavy atom. The molecule has 2 aliphatic rings. The van der Waals surface area contributed by atoms with Gasteiger partial charge in [0, 0.05) is 23.3 Å². The molecule has 1 aliphatic carbocycles. The van der Waals surface area contributed by atoms with Gasteiger partial charge in [0.15, 0.2) is 0 Å². The minimum absolute atomic E-state index is 0.0534. The number of benzene rings is 2. The van der Waals surface area contributed by atoms with Gasteiger partial charge in [0.25, 0.3) is 5.91 Å². The van der Waals surface area contributed by atoms with E-state index in [1.165, 1.54) is 44.2 Å². The number of carbonyl (C=O) groups is 1. The molecule has 1 N–H and O–H groups in total. The highest BCUT2D eigenvalue weighted by Crippen LogP contribution is 2.39. The van der Waals surface area contributed by atoms with Gasteiger partial charge in [0.05, 0.1) is 0 Å². The van der Waals surface area contributed by atoms with Gasteiger partial charge in [-0.1, -0.05) is 30.3 Å². The average molecular weight is 348 g/mol. The van der Waals surface area contributed by atoms with Crippen LogP contribution >= 0.6 is 0 Å². The molecule has 1 amide bonds. The zero-order valence-corrected chi connectivity index (χ0v) is 15.5. The minimum Gasteiger partial charge on any atom is -0.322 e. The van der Waals surface area contributed by atoms with Gasteiger partial charge in [0.1, 0.15) is 0 Å². The van der Waals surface area contributed by atoms with Crippen LogP contribution in [0.4, 0.5) is 5.69 Å². The number of hydrogen-bond acceptors (Lipinski definition) is 2. The van der Waals surface area contributed by atoms with Crippen LogP contribution in [0.3, 0.4) is 0 Å². The summed E-state index contributed by atoms with van der Waals surface area (Å²) in [4.78, 5) is 15.0. The van der Waals surface area contributed by atoms with Crippen molar-refractivity contribution >= 4 is 11.6 Å². The van der Waals surface area contributed by atoms with Crippen molar-refractivity contribution in [2.75, 3.05) is 11.9 Å². The molecule has 1 saturated carbocycles. The van der Waals surface area contributed by atoms with Crippen molar-refractivity contribution in [3.05, 3.63) is 65.7 Å². The zero-order valence-electron chi connectivity index (χ0n) is 15.5. The molecule has 0 radical (unpaired) electrons. The second-order valence-electron chi connectivity index (χ2n) is 7.84. The van der Waals surface area contributed by atoms with Gasteiger partial charge in [-0.3, -0.25) is 9.69 Å². The maximum Gasteiger partial charge on any atom is 0.255 e. The van der Waals surface area contributed by atoms with E-state index in [9.17, 15) is 4.79 Å². The maximum atomic E-state index is 12.3. The molecule has 26 heavy (non-hydrogen) atoms. The molecule has 136 valence electrons. The summed E-state index contributed by atoms with van der Waals surface area (Å²) in [6.07, 6.45) is 6.60. The van der Waals surface area contributed by atoms with Gasteiger partial charge >= 0.3 is 0 Å². The highest BCUT2D eigenvalue weighted by molar-refractivity contribution is 6.04. The standard InChI is InChI=1S/C23H28N2O/c1-17-6-5-15-25(17)22-14-11-20(16-22)18-9-12-21(13-10-18)24-23(26)19-7-3-2-4-8-19/h2-4,7-10,12-13,17,20,22H,5-6,11,14-16H2,1H3,(H,24,26). The van der Waals surface area contributed by atoms with Crippen LogP contribution in [0.25, 0.3) is 0 Å². The molecule has 2 aromatic rings. The van der Waals surface area contributed by atoms with Crippen molar-refractivity contribution < 1.29 is 4.79 Å². The second kappa shape index (κ2) is 7.63. The molecule has 0 spiro atoms. The molecule has 2 aromatic carbocycles. The molecular weight excluding hydrogens is 320 g/mol. The molecule has 2 fully saturated rings. The molecule has 3 unspecified atom stereocenters. The third-order valence-electron chi connectivity index (χ3n) is 6.15. The van der Waals surface area contributed by atoms with Crippen LogP contribution in [-0.2, 0) is 0 Å². The van der Waals surface area contributed by atoms with E-state index in [-0.39, 0.29) is 5.91 Å². The summed E-state index contributed by atoms with van der Waals surface area (Å²) in [6, 6.07) is 19.4. The molecule has 3 atom stereocenters. The fourth-order valence-corrected chi connectivity index (χ4v) is 4.69. The number of nitrogens with one attached hydrogen (secondary N) is 1. The normalized spacial score (nSPS) is 26.1. The predicted octanol–water partition coefficient (Wildman–Crippen LogP) is 5.06. The van der Waals surface area contributed by atoms with Crippen molar-refractivity contribution in [3.8, 4) is 0 Å². The predicted molar refractivity (Wildman–Crippen MR) is 107 cm³/mol. The molecule has 3 nitrogen and oxygen atoms in total. The minimum atomic E-state index is -0.0534. The summed E-state index contributed by atoms with van der Waals surface area (Å²) >= 11 is 0. The highest BCUT2D eigenvalue weighted by atomic mass is 16.1. The summed E-state index contributed by atoms with van der Waals surface area (Å²) in [5, 5.41) is 2.99. The second-order valence-corrected chi connectivity index (χ2v) is 7.84. The van der Waals surface area contributed by atoms with Crippen LogP contribution < -0.4 is 5.32 Å². The van der Waals surface area contributed by atoms with Crippen LogP contribution in [-0.4, -0.2) is 29.4 Å². The lowest BCUT2D eigenvalue weighted by molar-refractivity contribution is 0.102. The molecule has 0 bridgehead atoms. The Labute approximate surface area is 156 Å². The average Bonchev–Trinajstić information content (AvgIpc) is 3.32. The monoisotopic (exact) mass is 348 g/mol. The van der Waals surface area contributed by atoms with Gasteiger partial charge in [-0.15, -0.1) is 0 Å². The quantitative estimate of drug-likeness (QED) is 0.837. The SMILES string of the molecule is CC1CCCN1C1CCC(c2ccc(NC(=O)c3ccccc3)cc2)C1. The van der Waals surface area contributed by atoms with Crippen molar-refractivity contribution in [3.63, 3.8) is 0 Å². The molecule has 1 aliphatic heterocycles. The van der Waals surface area contributed by atoms with Crippen molar-refractivity contribution in [2.24, 2.45) is 0 Å². The third-order valence-corrected chi connectivity index (χ3v) is 6.15. The Morgan fingerprint density at radius 2 is 1.77 bits per heavy atom. The largest absolute Gasteiger partial charge is 0.322 e. The van der Waals surface area contributed by atoms with E-state index < -0.39 is 0 Å². The number of carbonyl (C=O) groups excluding carboxylic acids is 1. The van der Waals surface area contributed by atoms with Crippen LogP contribution in [0, 0.1) is 0 Å². The van der Waals surface area contributed by atoms with Crippen LogP contribution in [0.15, 0.2) is 54.6 Å². The Kier molecular flexibility index (Phi) is 5.07. The molecule has 1 saturated heterocycles. The third kappa shape index (κ3) is 3.68. The number of hydrogen-bond donors (Lipinski definition) is 1. The molecule has 3 heteroatoms. The van der Waals surface area contributed by atoms with E-state index in [0.29, 0.717) is 11.5 Å².